The largest absolute Gasteiger partial charge is 0.507 e. The first kappa shape index (κ1) is 26.3. The molecule has 6 rings (SSSR count). The fraction of sp³-hybridized carbons (Fsp3) is 0.515. The van der Waals surface area contributed by atoms with Gasteiger partial charge in [0.25, 0.3) is 0 Å². The van der Waals surface area contributed by atoms with E-state index >= 15 is 0 Å². The SMILES string of the molecule is CC/C(=C\c1ccc(O)c2ccccc12)CC[C@H]1OC[C@H]2C1=C(CO)C[C@H]1C(=O)N(C3CCCCC3)C(=O)[C@H]12. The van der Waals surface area contributed by atoms with Crippen LogP contribution in [0.4, 0.5) is 0 Å². The Bertz CT molecular complexity index is 1340. The van der Waals surface area contributed by atoms with Gasteiger partial charge >= 0.3 is 0 Å². The summed E-state index contributed by atoms with van der Waals surface area (Å²) in [5.41, 5.74) is 4.35. The number of phenols is 1. The number of carbonyl (C=O) groups is 2. The van der Waals surface area contributed by atoms with Crippen molar-refractivity contribution in [3.05, 3.63) is 58.7 Å². The molecule has 2 saturated heterocycles. The summed E-state index contributed by atoms with van der Waals surface area (Å²) < 4.78 is 6.32. The van der Waals surface area contributed by atoms with Gasteiger partial charge in [-0.2, -0.15) is 0 Å². The predicted octanol–water partition coefficient (Wildman–Crippen LogP) is 5.76. The zero-order chi connectivity index (χ0) is 27.1. The monoisotopic (exact) mass is 529 g/mol. The van der Waals surface area contributed by atoms with E-state index in [1.54, 1.807) is 11.0 Å². The molecule has 0 spiro atoms. The minimum absolute atomic E-state index is 0.00556. The van der Waals surface area contributed by atoms with Gasteiger partial charge in [0.1, 0.15) is 5.75 Å². The van der Waals surface area contributed by atoms with E-state index in [1.165, 1.54) is 12.0 Å². The number of allylic oxidation sites excluding steroid dienone is 1. The third kappa shape index (κ3) is 4.62. The number of hydrogen-bond donors (Lipinski definition) is 2. The van der Waals surface area contributed by atoms with Crippen molar-refractivity contribution >= 4 is 28.7 Å². The second kappa shape index (κ2) is 10.9. The molecule has 2 N–H and O–H groups in total. The number of rotatable bonds is 7. The van der Waals surface area contributed by atoms with E-state index in [9.17, 15) is 19.8 Å². The number of aromatic hydroxyl groups is 1. The highest BCUT2D eigenvalue weighted by molar-refractivity contribution is 6.06. The van der Waals surface area contributed by atoms with Crippen LogP contribution in [-0.2, 0) is 14.3 Å². The van der Waals surface area contributed by atoms with Crippen molar-refractivity contribution in [3.63, 3.8) is 0 Å². The molecule has 3 fully saturated rings. The molecule has 1 saturated carbocycles. The van der Waals surface area contributed by atoms with Crippen molar-refractivity contribution in [2.24, 2.45) is 17.8 Å². The Labute approximate surface area is 230 Å². The minimum atomic E-state index is -0.355. The topological polar surface area (TPSA) is 87.1 Å². The Morgan fingerprint density at radius 1 is 1.03 bits per heavy atom. The van der Waals surface area contributed by atoms with E-state index in [1.807, 2.05) is 30.3 Å². The highest BCUT2D eigenvalue weighted by Gasteiger charge is 2.58. The van der Waals surface area contributed by atoms with Crippen LogP contribution in [0.3, 0.4) is 0 Å². The molecule has 6 heteroatoms. The Balaban J connectivity index is 1.22. The maximum atomic E-state index is 13.7. The summed E-state index contributed by atoms with van der Waals surface area (Å²) in [6, 6.07) is 11.6. The van der Waals surface area contributed by atoms with Crippen LogP contribution in [0.2, 0.25) is 0 Å². The second-order valence-corrected chi connectivity index (χ2v) is 11.7. The second-order valence-electron chi connectivity index (χ2n) is 11.7. The Morgan fingerprint density at radius 2 is 1.79 bits per heavy atom. The number of aliphatic hydroxyl groups is 1. The lowest BCUT2D eigenvalue weighted by molar-refractivity contribution is -0.143. The number of ether oxygens (including phenoxy) is 1. The summed E-state index contributed by atoms with van der Waals surface area (Å²) in [5, 5.41) is 22.5. The fourth-order valence-corrected chi connectivity index (χ4v) is 7.66. The summed E-state index contributed by atoms with van der Waals surface area (Å²) in [7, 11) is 0. The van der Waals surface area contributed by atoms with Gasteiger partial charge in [-0.3, -0.25) is 14.5 Å². The van der Waals surface area contributed by atoms with Crippen LogP contribution in [0.15, 0.2) is 53.1 Å². The maximum Gasteiger partial charge on any atom is 0.234 e. The number of hydrogen-bond acceptors (Lipinski definition) is 5. The molecule has 4 atom stereocenters. The van der Waals surface area contributed by atoms with Gasteiger partial charge in [0.05, 0.1) is 31.2 Å². The van der Waals surface area contributed by atoms with Crippen molar-refractivity contribution in [2.75, 3.05) is 13.2 Å². The Hall–Kier alpha value is -2.96. The van der Waals surface area contributed by atoms with Gasteiger partial charge in [-0.15, -0.1) is 0 Å². The number of fused-ring (bicyclic) bond motifs is 4. The summed E-state index contributed by atoms with van der Waals surface area (Å²) in [6.07, 6.45) is 10.2. The van der Waals surface area contributed by atoms with Gasteiger partial charge in [0, 0.05) is 17.3 Å². The molecule has 0 radical (unpaired) electrons. The highest BCUT2D eigenvalue weighted by atomic mass is 16.5. The van der Waals surface area contributed by atoms with E-state index in [4.69, 9.17) is 4.74 Å². The molecular weight excluding hydrogens is 490 g/mol. The van der Waals surface area contributed by atoms with Crippen molar-refractivity contribution < 1.29 is 24.5 Å². The highest BCUT2D eigenvalue weighted by Crippen LogP contribution is 2.50. The molecule has 2 amide bonds. The molecule has 206 valence electrons. The number of phenolic OH excluding ortho intramolecular Hbond substituents is 1. The number of benzene rings is 2. The molecule has 39 heavy (non-hydrogen) atoms. The first-order chi connectivity index (χ1) is 19.0. The van der Waals surface area contributed by atoms with Gasteiger partial charge < -0.3 is 14.9 Å². The zero-order valence-electron chi connectivity index (χ0n) is 22.8. The van der Waals surface area contributed by atoms with Gasteiger partial charge in [-0.1, -0.05) is 68.2 Å². The molecule has 4 aliphatic rings. The first-order valence-electron chi connectivity index (χ1n) is 14.7. The van der Waals surface area contributed by atoms with Gasteiger partial charge in [-0.25, -0.2) is 0 Å². The van der Waals surface area contributed by atoms with Crippen LogP contribution >= 0.6 is 0 Å². The third-order valence-corrected chi connectivity index (χ3v) is 9.65. The smallest absolute Gasteiger partial charge is 0.234 e. The average molecular weight is 530 g/mol. The maximum absolute atomic E-state index is 13.7. The number of amides is 2. The Morgan fingerprint density at radius 3 is 2.54 bits per heavy atom. The van der Waals surface area contributed by atoms with Crippen LogP contribution in [0.1, 0.15) is 70.3 Å². The summed E-state index contributed by atoms with van der Waals surface area (Å²) >= 11 is 0. The normalized spacial score (nSPS) is 27.9. The fourth-order valence-electron chi connectivity index (χ4n) is 7.66. The van der Waals surface area contributed by atoms with E-state index in [0.717, 1.165) is 72.4 Å². The van der Waals surface area contributed by atoms with Crippen LogP contribution in [0.25, 0.3) is 16.8 Å². The van der Waals surface area contributed by atoms with E-state index in [2.05, 4.69) is 13.0 Å². The van der Waals surface area contributed by atoms with Crippen molar-refractivity contribution in [1.29, 1.82) is 0 Å². The molecular formula is C33H39NO5. The third-order valence-electron chi connectivity index (χ3n) is 9.65. The van der Waals surface area contributed by atoms with Crippen LogP contribution in [-0.4, -0.2) is 52.3 Å². The quantitative estimate of drug-likeness (QED) is 0.352. The molecule has 6 nitrogen and oxygen atoms in total. The van der Waals surface area contributed by atoms with Crippen molar-refractivity contribution in [2.45, 2.75) is 76.9 Å². The molecule has 2 aliphatic carbocycles. The molecule has 0 aromatic heterocycles. The van der Waals surface area contributed by atoms with E-state index < -0.39 is 0 Å². The molecule has 2 aliphatic heterocycles. The summed E-state index contributed by atoms with van der Waals surface area (Å²) in [4.78, 5) is 28.7. The molecule has 2 aromatic rings. The molecule has 0 unspecified atom stereocenters. The number of carbonyl (C=O) groups excluding carboxylic acids is 2. The number of likely N-dealkylation sites (tertiary alicyclic amines) is 1. The molecule has 2 aromatic carbocycles. The van der Waals surface area contributed by atoms with Crippen LogP contribution in [0.5, 0.6) is 5.75 Å². The number of nitrogens with zero attached hydrogens (tertiary/aromatic N) is 1. The van der Waals surface area contributed by atoms with Gasteiger partial charge in [-0.05, 0) is 66.7 Å². The van der Waals surface area contributed by atoms with Gasteiger partial charge in [0.15, 0.2) is 0 Å². The predicted molar refractivity (Wildman–Crippen MR) is 151 cm³/mol. The molecule has 2 heterocycles. The van der Waals surface area contributed by atoms with E-state index in [0.29, 0.717) is 13.0 Å². The lowest BCUT2D eigenvalue weighted by atomic mass is 9.69. The first-order valence-corrected chi connectivity index (χ1v) is 14.7. The molecule has 0 bridgehead atoms. The van der Waals surface area contributed by atoms with E-state index in [-0.39, 0.29) is 54.1 Å². The average Bonchev–Trinajstić information content (AvgIpc) is 3.50. The summed E-state index contributed by atoms with van der Waals surface area (Å²) in [5.74, 6) is -0.564. The number of aliphatic hydroxyl groups excluding tert-OH is 1. The minimum Gasteiger partial charge on any atom is -0.507 e. The lowest BCUT2D eigenvalue weighted by Gasteiger charge is -2.31. The van der Waals surface area contributed by atoms with Gasteiger partial charge in [0.2, 0.25) is 11.8 Å². The zero-order valence-corrected chi connectivity index (χ0v) is 22.8. The van der Waals surface area contributed by atoms with Crippen molar-refractivity contribution in [1.82, 2.24) is 4.90 Å². The lowest BCUT2D eigenvalue weighted by Crippen LogP contribution is -2.42. The standard InChI is InChI=1S/C33H39NO5/c1-2-20(16-21-13-14-28(36)25-11-7-6-10-24(21)25)12-15-29-30-22(18-35)17-26-31(27(30)19-39-29)33(38)34(32(26)37)23-8-4-3-5-9-23/h6-7,10-11,13-14,16,23,26-27,29,31,35-36H,2-5,8-9,12,15,17-19H2,1H3/b20-16+/t26-,27+,29-,31-/m1/s1. The Kier molecular flexibility index (Phi) is 7.34. The van der Waals surface area contributed by atoms with Crippen molar-refractivity contribution in [3.8, 4) is 5.75 Å². The van der Waals surface area contributed by atoms with Crippen LogP contribution in [0, 0.1) is 17.8 Å². The number of imide groups is 1. The van der Waals surface area contributed by atoms with Crippen LogP contribution < -0.4 is 0 Å². The summed E-state index contributed by atoms with van der Waals surface area (Å²) in [6.45, 7) is 2.50.